The van der Waals surface area contributed by atoms with Crippen molar-refractivity contribution in [1.82, 2.24) is 5.48 Å². The van der Waals surface area contributed by atoms with Crippen LogP contribution in [-0.4, -0.2) is 65.6 Å². The molecule has 0 aromatic heterocycles. The maximum Gasteiger partial charge on any atom is 0.333 e. The Labute approximate surface area is 261 Å². The van der Waals surface area contributed by atoms with Crippen molar-refractivity contribution in [3.05, 3.63) is 47.5 Å². The maximum absolute atomic E-state index is 13.7. The Kier molecular flexibility index (Phi) is 6.55. The van der Waals surface area contributed by atoms with Crippen molar-refractivity contribution in [2.24, 2.45) is 51.8 Å². The van der Waals surface area contributed by atoms with E-state index in [2.05, 4.69) is 18.5 Å². The summed E-state index contributed by atoms with van der Waals surface area (Å²) in [7, 11) is 0. The number of nitrogens with one attached hydrogen (secondary N) is 1. The molecule has 9 rings (SSSR count). The van der Waals surface area contributed by atoms with E-state index in [1.807, 2.05) is 44.2 Å². The van der Waals surface area contributed by atoms with Gasteiger partial charge in [-0.1, -0.05) is 69.2 Å². The van der Waals surface area contributed by atoms with E-state index in [9.17, 15) is 24.6 Å². The molecule has 11 heteroatoms. The highest BCUT2D eigenvalue weighted by Gasteiger charge is 2.85. The molecule has 8 bridgehead atoms. The molecule has 45 heavy (non-hydrogen) atoms. The van der Waals surface area contributed by atoms with Crippen LogP contribution in [0.2, 0.25) is 0 Å². The Morgan fingerprint density at radius 2 is 1.91 bits per heavy atom. The molecular weight excluding hydrogens is 582 g/mol. The fraction of sp³-hybridized carbons (Fsp3) is 0.676. The van der Waals surface area contributed by atoms with E-state index < -0.39 is 64.7 Å². The molecule has 13 unspecified atom stereocenters. The van der Waals surface area contributed by atoms with Gasteiger partial charge in [0, 0.05) is 5.41 Å². The molecule has 4 aliphatic carbocycles. The average molecular weight is 624 g/mol. The summed E-state index contributed by atoms with van der Waals surface area (Å²) in [5.41, 5.74) is 0.999. The second kappa shape index (κ2) is 9.92. The first-order chi connectivity index (χ1) is 21.5. The molecule has 242 valence electrons. The SMILES string of the molecule is CC(C)C1=CC2CC3(C=O)C4CCC(C)C4CC2(COC24OC5OC(C(C(=O)ONCc6ccccc6)C5O2)C4O)C13C(=O)O. The number of carbonyl (C=O) groups is 3. The second-order valence-corrected chi connectivity index (χ2v) is 14.7. The summed E-state index contributed by atoms with van der Waals surface area (Å²) in [5.74, 6) is -4.25. The first-order valence-electron chi connectivity index (χ1n) is 16.3. The predicted octanol–water partition coefficient (Wildman–Crippen LogP) is 2.96. The standard InChI is InChI=1S/C34H41NO10/c1-17(2)23-11-20-12-31(15-36)22-10-9-18(3)21(22)13-32(20,33(23,31)30(39)40)16-41-34-27(37)25-24(26(43-34)29(42-25)44-34)28(38)45-35-14-19-7-5-4-6-8-19/h4-8,11,15,17-18,20-22,24-27,29,35,37H,9-10,12-14,16H2,1-3H3,(H,39,40). The van der Waals surface area contributed by atoms with Crippen LogP contribution in [0.4, 0.5) is 0 Å². The van der Waals surface area contributed by atoms with Gasteiger partial charge in [0.15, 0.2) is 12.4 Å². The Balaban J connectivity index is 1.06. The lowest BCUT2D eigenvalue weighted by atomic mass is 9.43. The number of allylic oxidation sites excluding steroid dienone is 1. The quantitative estimate of drug-likeness (QED) is 0.201. The summed E-state index contributed by atoms with van der Waals surface area (Å²) in [6.45, 7) is 6.40. The molecule has 3 saturated carbocycles. The smallest absolute Gasteiger partial charge is 0.333 e. The number of ether oxygens (including phenoxy) is 4. The first-order valence-corrected chi connectivity index (χ1v) is 16.3. The molecule has 11 nitrogen and oxygen atoms in total. The summed E-state index contributed by atoms with van der Waals surface area (Å²) in [4.78, 5) is 45.5. The van der Waals surface area contributed by atoms with E-state index in [0.717, 1.165) is 30.3 Å². The van der Waals surface area contributed by atoms with Crippen molar-refractivity contribution in [1.29, 1.82) is 0 Å². The van der Waals surface area contributed by atoms with Crippen molar-refractivity contribution in [2.75, 3.05) is 6.61 Å². The Hall–Kier alpha value is -2.67. The highest BCUT2D eigenvalue weighted by Crippen LogP contribution is 2.82. The lowest BCUT2D eigenvalue weighted by molar-refractivity contribution is -0.444. The minimum absolute atomic E-state index is 0.00761. The van der Waals surface area contributed by atoms with Crippen LogP contribution < -0.4 is 5.48 Å². The van der Waals surface area contributed by atoms with Crippen LogP contribution in [0.1, 0.15) is 52.0 Å². The van der Waals surface area contributed by atoms with Gasteiger partial charge in [-0.25, -0.2) is 4.79 Å². The number of aldehydes is 1. The van der Waals surface area contributed by atoms with Crippen molar-refractivity contribution >= 4 is 18.2 Å². The number of aliphatic carboxylic acids is 1. The number of aliphatic hydroxyl groups is 1. The first kappa shape index (κ1) is 29.7. The number of hydroxylamine groups is 1. The molecule has 0 amide bonds. The third-order valence-electron chi connectivity index (χ3n) is 12.7. The number of carboxylic acid groups (broad SMARTS) is 1. The molecule has 7 fully saturated rings. The number of rotatable bonds is 10. The zero-order chi connectivity index (χ0) is 31.5. The summed E-state index contributed by atoms with van der Waals surface area (Å²) in [6.07, 6.45) is 1.60. The van der Waals surface area contributed by atoms with Gasteiger partial charge in [-0.05, 0) is 54.4 Å². The third-order valence-corrected chi connectivity index (χ3v) is 12.7. The van der Waals surface area contributed by atoms with E-state index in [1.54, 1.807) is 0 Å². The normalized spacial score (nSPS) is 48.1. The molecule has 13 atom stereocenters. The van der Waals surface area contributed by atoms with Gasteiger partial charge in [-0.3, -0.25) is 9.53 Å². The number of carboxylic acids is 1. The molecule has 1 aromatic carbocycles. The van der Waals surface area contributed by atoms with Crippen LogP contribution in [0.3, 0.4) is 0 Å². The fourth-order valence-corrected chi connectivity index (χ4v) is 11.0. The molecular formula is C34H41NO10. The van der Waals surface area contributed by atoms with Gasteiger partial charge < -0.3 is 34.1 Å². The van der Waals surface area contributed by atoms with Crippen molar-refractivity contribution in [3.63, 3.8) is 0 Å². The van der Waals surface area contributed by atoms with Crippen LogP contribution in [0, 0.1) is 51.8 Å². The zero-order valence-corrected chi connectivity index (χ0v) is 25.7. The lowest BCUT2D eigenvalue weighted by Gasteiger charge is -2.58. The summed E-state index contributed by atoms with van der Waals surface area (Å²) < 4.78 is 24.6. The second-order valence-electron chi connectivity index (χ2n) is 14.7. The van der Waals surface area contributed by atoms with Crippen molar-refractivity contribution < 1.29 is 48.4 Å². The number of aliphatic hydroxyl groups excluding tert-OH is 1. The van der Waals surface area contributed by atoms with Crippen LogP contribution >= 0.6 is 0 Å². The largest absolute Gasteiger partial charge is 0.481 e. The molecule has 0 spiro atoms. The van der Waals surface area contributed by atoms with Gasteiger partial charge in [-0.15, -0.1) is 5.48 Å². The molecule has 3 N–H and O–H groups in total. The number of fused-ring (bicyclic) bond motifs is 2. The summed E-state index contributed by atoms with van der Waals surface area (Å²) in [5, 5.41) is 22.7. The number of carbonyl (C=O) groups excluding carboxylic acids is 2. The molecule has 4 saturated heterocycles. The zero-order valence-electron chi connectivity index (χ0n) is 25.7. The minimum atomic E-state index is -1.93. The highest BCUT2D eigenvalue weighted by molar-refractivity contribution is 5.90. The number of hydrogen-bond donors (Lipinski definition) is 3. The van der Waals surface area contributed by atoms with Crippen molar-refractivity contribution in [2.45, 2.75) is 83.6 Å². The van der Waals surface area contributed by atoms with E-state index >= 15 is 0 Å². The van der Waals surface area contributed by atoms with Crippen LogP contribution in [0.5, 0.6) is 0 Å². The Morgan fingerprint density at radius 3 is 2.62 bits per heavy atom. The summed E-state index contributed by atoms with van der Waals surface area (Å²) in [6, 6.07) is 9.46. The molecule has 4 heterocycles. The topological polar surface area (TPSA) is 150 Å². The average Bonchev–Trinajstić information content (AvgIpc) is 3.75. The Bertz CT molecular complexity index is 1450. The lowest BCUT2D eigenvalue weighted by Crippen LogP contribution is -2.66. The van der Waals surface area contributed by atoms with Gasteiger partial charge in [0.2, 0.25) is 0 Å². The molecule has 4 aliphatic heterocycles. The third kappa shape index (κ3) is 3.54. The van der Waals surface area contributed by atoms with Gasteiger partial charge in [0.1, 0.15) is 29.8 Å². The van der Waals surface area contributed by atoms with Gasteiger partial charge in [0.05, 0.1) is 18.6 Å². The summed E-state index contributed by atoms with van der Waals surface area (Å²) >= 11 is 0. The minimum Gasteiger partial charge on any atom is -0.481 e. The van der Waals surface area contributed by atoms with E-state index in [1.165, 1.54) is 0 Å². The molecule has 1 aromatic rings. The Morgan fingerprint density at radius 1 is 1.13 bits per heavy atom. The van der Waals surface area contributed by atoms with Gasteiger partial charge >= 0.3 is 17.9 Å². The molecule has 0 radical (unpaired) electrons. The predicted molar refractivity (Wildman–Crippen MR) is 154 cm³/mol. The van der Waals surface area contributed by atoms with E-state index in [-0.39, 0.29) is 30.3 Å². The fourth-order valence-electron chi connectivity index (χ4n) is 11.0. The van der Waals surface area contributed by atoms with Crippen LogP contribution in [0.15, 0.2) is 42.0 Å². The van der Waals surface area contributed by atoms with E-state index in [4.69, 9.17) is 23.8 Å². The molecule has 8 aliphatic rings. The number of hydrogen-bond acceptors (Lipinski definition) is 10. The number of benzene rings is 1. The maximum atomic E-state index is 13.7. The van der Waals surface area contributed by atoms with Crippen molar-refractivity contribution in [3.8, 4) is 0 Å². The van der Waals surface area contributed by atoms with Gasteiger partial charge in [0.25, 0.3) is 0 Å². The van der Waals surface area contributed by atoms with Crippen LogP contribution in [0.25, 0.3) is 0 Å². The monoisotopic (exact) mass is 623 g/mol. The van der Waals surface area contributed by atoms with Gasteiger partial charge in [-0.2, -0.15) is 0 Å². The van der Waals surface area contributed by atoms with Crippen LogP contribution in [-0.2, 0) is 44.7 Å². The highest BCUT2D eigenvalue weighted by atomic mass is 17.0. The van der Waals surface area contributed by atoms with E-state index in [0.29, 0.717) is 25.3 Å².